The van der Waals surface area contributed by atoms with E-state index < -0.39 is 23.2 Å². The maximum absolute atomic E-state index is 12.3. The molecule has 0 saturated heterocycles. The molecular formula is C15H21N5O4. The van der Waals surface area contributed by atoms with Crippen LogP contribution < -0.4 is 16.6 Å². The molecule has 1 N–H and O–H groups in total. The van der Waals surface area contributed by atoms with Crippen molar-refractivity contribution in [2.45, 2.75) is 33.2 Å². The van der Waals surface area contributed by atoms with E-state index in [1.807, 2.05) is 13.8 Å². The molecule has 24 heavy (non-hydrogen) atoms. The second kappa shape index (κ2) is 6.81. The molecular weight excluding hydrogens is 314 g/mol. The van der Waals surface area contributed by atoms with E-state index >= 15 is 0 Å². The summed E-state index contributed by atoms with van der Waals surface area (Å²) in [5.41, 5.74) is -1.15. The van der Waals surface area contributed by atoms with Crippen LogP contribution in [-0.4, -0.2) is 25.2 Å². The lowest BCUT2D eigenvalue weighted by molar-refractivity contribution is 0.0922. The van der Waals surface area contributed by atoms with Gasteiger partial charge in [0, 0.05) is 26.6 Å². The van der Waals surface area contributed by atoms with Crippen LogP contribution in [0.25, 0.3) is 0 Å². The van der Waals surface area contributed by atoms with Gasteiger partial charge in [-0.25, -0.2) is 4.79 Å². The van der Waals surface area contributed by atoms with Crippen LogP contribution in [-0.2, 0) is 20.5 Å². The molecule has 0 bridgehead atoms. The van der Waals surface area contributed by atoms with Crippen molar-refractivity contribution < 1.29 is 9.32 Å². The van der Waals surface area contributed by atoms with Crippen molar-refractivity contribution in [1.29, 1.82) is 0 Å². The van der Waals surface area contributed by atoms with Crippen LogP contribution in [0.3, 0.4) is 0 Å². The molecule has 2 aromatic rings. The molecule has 9 nitrogen and oxygen atoms in total. The predicted molar refractivity (Wildman–Crippen MR) is 85.6 cm³/mol. The highest BCUT2D eigenvalue weighted by Gasteiger charge is 2.20. The summed E-state index contributed by atoms with van der Waals surface area (Å²) >= 11 is 0. The van der Waals surface area contributed by atoms with Gasteiger partial charge in [-0.1, -0.05) is 19.0 Å². The van der Waals surface area contributed by atoms with Gasteiger partial charge in [-0.2, -0.15) is 4.98 Å². The molecule has 1 atom stereocenters. The molecule has 1 amide bonds. The highest BCUT2D eigenvalue weighted by atomic mass is 16.5. The Hall–Kier alpha value is -2.71. The number of hydrogen-bond donors (Lipinski definition) is 1. The normalized spacial score (nSPS) is 12.4. The fourth-order valence-corrected chi connectivity index (χ4v) is 2.17. The van der Waals surface area contributed by atoms with Crippen LogP contribution in [0.5, 0.6) is 0 Å². The average Bonchev–Trinajstić information content (AvgIpc) is 2.96. The highest BCUT2D eigenvalue weighted by molar-refractivity contribution is 5.92. The lowest BCUT2D eigenvalue weighted by Crippen LogP contribution is -2.41. The average molecular weight is 335 g/mol. The van der Waals surface area contributed by atoms with Crippen LogP contribution in [0, 0.1) is 5.92 Å². The molecule has 0 fully saturated rings. The number of carbonyl (C=O) groups excluding carboxylic acids is 1. The van der Waals surface area contributed by atoms with Gasteiger partial charge in [0.25, 0.3) is 11.5 Å². The van der Waals surface area contributed by atoms with Crippen molar-refractivity contribution in [3.8, 4) is 0 Å². The predicted octanol–water partition coefficient (Wildman–Crippen LogP) is 0.157. The summed E-state index contributed by atoms with van der Waals surface area (Å²) in [5, 5.41) is 6.52. The third kappa shape index (κ3) is 3.61. The molecule has 9 heteroatoms. The number of aromatic nitrogens is 4. The largest absolute Gasteiger partial charge is 0.339 e. The first-order chi connectivity index (χ1) is 11.2. The Balaban J connectivity index is 2.19. The second-order valence-electron chi connectivity index (χ2n) is 6.11. The van der Waals surface area contributed by atoms with E-state index in [0.29, 0.717) is 18.2 Å². The molecule has 0 aliphatic carbocycles. The molecule has 0 radical (unpaired) electrons. The summed E-state index contributed by atoms with van der Waals surface area (Å²) < 4.78 is 7.19. The standard InChI is InChI=1S/C15H21N5O4/c1-8(2)6-11-17-14(24-18-11)9(3)16-13(22)10-7-12(21)20(5)15(23)19(10)4/h7-9H,6H2,1-5H3,(H,16,22)/t9-/m1/s1. The van der Waals surface area contributed by atoms with E-state index in [1.54, 1.807) is 6.92 Å². The summed E-state index contributed by atoms with van der Waals surface area (Å²) in [6.45, 7) is 5.76. The van der Waals surface area contributed by atoms with E-state index in [9.17, 15) is 14.4 Å². The molecule has 0 unspecified atom stereocenters. The third-order valence-electron chi connectivity index (χ3n) is 3.55. The van der Waals surface area contributed by atoms with Gasteiger partial charge in [0.1, 0.15) is 11.7 Å². The third-order valence-corrected chi connectivity index (χ3v) is 3.55. The van der Waals surface area contributed by atoms with Gasteiger partial charge in [0.15, 0.2) is 5.82 Å². The zero-order valence-corrected chi connectivity index (χ0v) is 14.4. The first kappa shape index (κ1) is 17.6. The van der Waals surface area contributed by atoms with Crippen molar-refractivity contribution in [2.24, 2.45) is 20.0 Å². The SMILES string of the molecule is CC(C)Cc1noc([C@@H](C)NC(=O)c2cc(=O)n(C)c(=O)n2C)n1. The van der Waals surface area contributed by atoms with Gasteiger partial charge < -0.3 is 9.84 Å². The zero-order valence-electron chi connectivity index (χ0n) is 14.4. The summed E-state index contributed by atoms with van der Waals surface area (Å²) in [6.07, 6.45) is 0.674. The monoisotopic (exact) mass is 335 g/mol. The molecule has 0 aliphatic rings. The van der Waals surface area contributed by atoms with Gasteiger partial charge >= 0.3 is 5.69 Å². The van der Waals surface area contributed by atoms with Crippen molar-refractivity contribution >= 4 is 5.91 Å². The van der Waals surface area contributed by atoms with Crippen molar-refractivity contribution in [3.63, 3.8) is 0 Å². The number of hydrogen-bond acceptors (Lipinski definition) is 6. The fourth-order valence-electron chi connectivity index (χ4n) is 2.17. The van der Waals surface area contributed by atoms with Crippen molar-refractivity contribution in [1.82, 2.24) is 24.6 Å². The molecule has 2 heterocycles. The van der Waals surface area contributed by atoms with Gasteiger partial charge in [0.05, 0.1) is 0 Å². The Morgan fingerprint density at radius 2 is 1.92 bits per heavy atom. The minimum Gasteiger partial charge on any atom is -0.339 e. The highest BCUT2D eigenvalue weighted by Crippen LogP contribution is 2.12. The van der Waals surface area contributed by atoms with Gasteiger partial charge in [0.2, 0.25) is 5.89 Å². The Labute approximate surface area is 138 Å². The molecule has 2 rings (SSSR count). The van der Waals surface area contributed by atoms with E-state index in [-0.39, 0.29) is 11.6 Å². The summed E-state index contributed by atoms with van der Waals surface area (Å²) in [6, 6.07) is 0.562. The number of rotatable bonds is 5. The van der Waals surface area contributed by atoms with E-state index in [0.717, 1.165) is 15.2 Å². The van der Waals surface area contributed by atoms with Crippen LogP contribution in [0.2, 0.25) is 0 Å². The first-order valence-corrected chi connectivity index (χ1v) is 7.61. The molecule has 0 aromatic carbocycles. The van der Waals surface area contributed by atoms with Gasteiger partial charge in [-0.3, -0.25) is 18.7 Å². The zero-order chi connectivity index (χ0) is 18.0. The number of amides is 1. The number of carbonyl (C=O) groups is 1. The smallest absolute Gasteiger partial charge is 0.331 e. The minimum absolute atomic E-state index is 0.0307. The van der Waals surface area contributed by atoms with Crippen molar-refractivity contribution in [3.05, 3.63) is 44.3 Å². The Morgan fingerprint density at radius 3 is 2.54 bits per heavy atom. The van der Waals surface area contributed by atoms with E-state index in [2.05, 4.69) is 15.5 Å². The van der Waals surface area contributed by atoms with Gasteiger partial charge in [-0.05, 0) is 12.8 Å². The number of nitrogens with one attached hydrogen (secondary N) is 1. The van der Waals surface area contributed by atoms with Crippen LogP contribution >= 0.6 is 0 Å². The Morgan fingerprint density at radius 1 is 1.25 bits per heavy atom. The quantitative estimate of drug-likeness (QED) is 0.833. The van der Waals surface area contributed by atoms with Crippen LogP contribution in [0.15, 0.2) is 20.2 Å². The fraction of sp³-hybridized carbons (Fsp3) is 0.533. The lowest BCUT2D eigenvalue weighted by Gasteiger charge is -2.12. The van der Waals surface area contributed by atoms with Gasteiger partial charge in [-0.15, -0.1) is 0 Å². The summed E-state index contributed by atoms with van der Waals surface area (Å²) in [5.74, 6) is 0.661. The van der Waals surface area contributed by atoms with E-state index in [4.69, 9.17) is 4.52 Å². The maximum Gasteiger partial charge on any atom is 0.331 e. The second-order valence-corrected chi connectivity index (χ2v) is 6.11. The minimum atomic E-state index is -0.572. The topological polar surface area (TPSA) is 112 Å². The summed E-state index contributed by atoms with van der Waals surface area (Å²) in [7, 11) is 2.78. The maximum atomic E-state index is 12.3. The van der Waals surface area contributed by atoms with E-state index in [1.165, 1.54) is 14.1 Å². The molecule has 0 aliphatic heterocycles. The Kier molecular flexibility index (Phi) is 5.01. The number of nitrogens with zero attached hydrogens (tertiary/aromatic N) is 4. The molecule has 0 saturated carbocycles. The molecule has 130 valence electrons. The molecule has 0 spiro atoms. The van der Waals surface area contributed by atoms with Crippen molar-refractivity contribution in [2.75, 3.05) is 0 Å². The summed E-state index contributed by atoms with van der Waals surface area (Å²) in [4.78, 5) is 40.2. The molecule has 2 aromatic heterocycles. The van der Waals surface area contributed by atoms with Crippen LogP contribution in [0.4, 0.5) is 0 Å². The first-order valence-electron chi connectivity index (χ1n) is 7.61. The van der Waals surface area contributed by atoms with Crippen LogP contribution in [0.1, 0.15) is 49.0 Å². The lowest BCUT2D eigenvalue weighted by atomic mass is 10.1. The Bertz CT molecular complexity index is 861.